The molecule has 8 nitrogen and oxygen atoms in total. The number of H-pyrrole nitrogens is 1. The van der Waals surface area contributed by atoms with Crippen molar-refractivity contribution in [2.24, 2.45) is 11.8 Å². The standard InChI is InChI=1S/C27H26N4O4/c32-24-22-21(12-15-13-28-19-9-3-1-7-17(15)19)30-27(18-8-2-4-10-20(18)29-26(27)34)23(22)25(33)31(24)14-16-6-5-11-35-16/h1-4,7-10,13,16,21-23,28,30H,5-6,11-12,14H2,(H,29,34)/t16-,21+,22+,23-,27-/m1/s1. The molecule has 0 bridgehead atoms. The van der Waals surface area contributed by atoms with Gasteiger partial charge in [-0.3, -0.25) is 24.6 Å². The van der Waals surface area contributed by atoms with E-state index in [9.17, 15) is 14.4 Å². The Hall–Kier alpha value is -3.49. The molecule has 3 saturated heterocycles. The first-order valence-electron chi connectivity index (χ1n) is 12.3. The molecule has 3 amide bonds. The molecule has 0 saturated carbocycles. The van der Waals surface area contributed by atoms with Crippen molar-refractivity contribution in [1.82, 2.24) is 15.2 Å². The van der Waals surface area contributed by atoms with Crippen molar-refractivity contribution in [2.75, 3.05) is 18.5 Å². The fourth-order valence-corrected chi connectivity index (χ4v) is 6.70. The van der Waals surface area contributed by atoms with Gasteiger partial charge in [0.25, 0.3) is 0 Å². The Morgan fingerprint density at radius 1 is 1.03 bits per heavy atom. The molecule has 3 N–H and O–H groups in total. The summed E-state index contributed by atoms with van der Waals surface area (Å²) in [6.07, 6.45) is 4.11. The monoisotopic (exact) mass is 470 g/mol. The number of anilines is 1. The van der Waals surface area contributed by atoms with Gasteiger partial charge in [-0.1, -0.05) is 36.4 Å². The van der Waals surface area contributed by atoms with Crippen molar-refractivity contribution < 1.29 is 19.1 Å². The second kappa shape index (κ2) is 7.50. The molecule has 0 radical (unpaired) electrons. The summed E-state index contributed by atoms with van der Waals surface area (Å²) in [5.74, 6) is -2.18. The SMILES string of the molecule is O=C1[C@H]2[C@H](Cc3c[nH]c4ccccc34)N[C@@]3(C(=O)Nc4ccccc43)[C@H]2C(=O)N1C[C@H]1CCCO1. The quantitative estimate of drug-likeness (QED) is 0.508. The van der Waals surface area contributed by atoms with Gasteiger partial charge in [0.2, 0.25) is 17.7 Å². The Bertz CT molecular complexity index is 1380. The van der Waals surface area contributed by atoms with Crippen LogP contribution in [-0.4, -0.2) is 52.9 Å². The van der Waals surface area contributed by atoms with E-state index in [1.54, 1.807) is 0 Å². The maximum absolute atomic E-state index is 13.9. The van der Waals surface area contributed by atoms with Gasteiger partial charge in [0.1, 0.15) is 5.54 Å². The minimum Gasteiger partial charge on any atom is -0.376 e. The first-order chi connectivity index (χ1) is 17.1. The lowest BCUT2D eigenvalue weighted by molar-refractivity contribution is -0.144. The number of nitrogens with one attached hydrogen (secondary N) is 3. The highest BCUT2D eigenvalue weighted by atomic mass is 16.5. The number of benzene rings is 2. The molecule has 7 rings (SSSR count). The van der Waals surface area contributed by atoms with Crippen LogP contribution in [0.4, 0.5) is 5.69 Å². The molecule has 35 heavy (non-hydrogen) atoms. The van der Waals surface area contributed by atoms with E-state index in [0.717, 1.165) is 34.9 Å². The number of imide groups is 1. The smallest absolute Gasteiger partial charge is 0.250 e. The summed E-state index contributed by atoms with van der Waals surface area (Å²) in [5, 5.41) is 7.57. The third kappa shape index (κ3) is 2.84. The fraction of sp³-hybridized carbons (Fsp3) is 0.370. The topological polar surface area (TPSA) is 104 Å². The molecule has 2 aromatic carbocycles. The van der Waals surface area contributed by atoms with E-state index < -0.39 is 17.4 Å². The number of hydrogen-bond donors (Lipinski definition) is 3. The maximum atomic E-state index is 13.9. The Labute approximate surface area is 202 Å². The van der Waals surface area contributed by atoms with Gasteiger partial charge in [-0.2, -0.15) is 0 Å². The Balaban J connectivity index is 1.32. The Kier molecular flexibility index (Phi) is 4.47. The van der Waals surface area contributed by atoms with E-state index in [0.29, 0.717) is 18.7 Å². The lowest BCUT2D eigenvalue weighted by Crippen LogP contribution is -2.54. The predicted molar refractivity (Wildman–Crippen MR) is 128 cm³/mol. The van der Waals surface area contributed by atoms with Crippen LogP contribution in [0.3, 0.4) is 0 Å². The van der Waals surface area contributed by atoms with Crippen molar-refractivity contribution in [3.05, 3.63) is 65.9 Å². The fourth-order valence-electron chi connectivity index (χ4n) is 6.70. The maximum Gasteiger partial charge on any atom is 0.250 e. The van der Waals surface area contributed by atoms with Gasteiger partial charge in [0.15, 0.2) is 0 Å². The van der Waals surface area contributed by atoms with E-state index in [-0.39, 0.29) is 36.4 Å². The zero-order valence-electron chi connectivity index (χ0n) is 19.1. The number of aromatic nitrogens is 1. The molecule has 178 valence electrons. The zero-order valence-corrected chi connectivity index (χ0v) is 19.1. The molecule has 3 fully saturated rings. The lowest BCUT2D eigenvalue weighted by Gasteiger charge is -2.30. The number of amides is 3. The summed E-state index contributed by atoms with van der Waals surface area (Å²) in [7, 11) is 0. The van der Waals surface area contributed by atoms with Crippen molar-refractivity contribution in [1.29, 1.82) is 0 Å². The van der Waals surface area contributed by atoms with Crippen molar-refractivity contribution >= 4 is 34.3 Å². The number of ether oxygens (including phenoxy) is 1. The molecule has 3 aromatic rings. The molecule has 0 unspecified atom stereocenters. The number of carbonyl (C=O) groups is 3. The summed E-state index contributed by atoms with van der Waals surface area (Å²) < 4.78 is 5.74. The van der Waals surface area contributed by atoms with Crippen LogP contribution in [0.25, 0.3) is 10.9 Å². The zero-order chi connectivity index (χ0) is 23.7. The summed E-state index contributed by atoms with van der Waals surface area (Å²) >= 11 is 0. The number of carbonyl (C=O) groups excluding carboxylic acids is 3. The third-order valence-electron chi connectivity index (χ3n) is 8.24. The average molecular weight is 471 g/mol. The number of hydrogen-bond acceptors (Lipinski definition) is 5. The number of rotatable bonds is 4. The molecule has 4 aliphatic heterocycles. The van der Waals surface area contributed by atoms with Crippen LogP contribution in [0, 0.1) is 11.8 Å². The molecule has 1 aromatic heterocycles. The van der Waals surface area contributed by atoms with Gasteiger partial charge in [-0.25, -0.2) is 0 Å². The Morgan fingerprint density at radius 3 is 2.71 bits per heavy atom. The normalized spacial score (nSPS) is 31.5. The van der Waals surface area contributed by atoms with Crippen LogP contribution in [-0.2, 0) is 31.1 Å². The molecule has 1 spiro atoms. The number of para-hydroxylation sites is 2. The van der Waals surface area contributed by atoms with E-state index in [4.69, 9.17) is 4.74 Å². The van der Waals surface area contributed by atoms with Gasteiger partial charge in [-0.05, 0) is 37.0 Å². The van der Waals surface area contributed by atoms with Gasteiger partial charge in [0, 0.05) is 41.0 Å². The number of nitrogens with zero attached hydrogens (tertiary/aromatic N) is 1. The van der Waals surface area contributed by atoms with Crippen LogP contribution in [0.15, 0.2) is 54.7 Å². The Morgan fingerprint density at radius 2 is 1.86 bits per heavy atom. The van der Waals surface area contributed by atoms with Crippen LogP contribution in [0.5, 0.6) is 0 Å². The van der Waals surface area contributed by atoms with Gasteiger partial charge in [-0.15, -0.1) is 0 Å². The van der Waals surface area contributed by atoms with E-state index in [1.807, 2.05) is 54.7 Å². The van der Waals surface area contributed by atoms with Crippen LogP contribution in [0.2, 0.25) is 0 Å². The minimum absolute atomic E-state index is 0.137. The summed E-state index contributed by atoms with van der Waals surface area (Å²) in [4.78, 5) is 45.9. The largest absolute Gasteiger partial charge is 0.376 e. The summed E-state index contributed by atoms with van der Waals surface area (Å²) in [6.45, 7) is 0.905. The predicted octanol–water partition coefficient (Wildman–Crippen LogP) is 2.31. The van der Waals surface area contributed by atoms with Crippen LogP contribution < -0.4 is 10.6 Å². The highest BCUT2D eigenvalue weighted by Gasteiger charge is 2.70. The highest BCUT2D eigenvalue weighted by molar-refractivity contribution is 6.15. The number of fused-ring (bicyclic) bond motifs is 5. The summed E-state index contributed by atoms with van der Waals surface area (Å²) in [5.41, 5.74) is 2.23. The minimum atomic E-state index is -1.27. The molecule has 0 aliphatic carbocycles. The molecular weight excluding hydrogens is 444 g/mol. The van der Waals surface area contributed by atoms with Gasteiger partial charge >= 0.3 is 0 Å². The molecule has 5 heterocycles. The molecule has 8 heteroatoms. The molecule has 5 atom stereocenters. The number of aromatic amines is 1. The van der Waals surface area contributed by atoms with E-state index in [2.05, 4.69) is 15.6 Å². The molecule has 4 aliphatic rings. The first kappa shape index (κ1) is 20.8. The first-order valence-corrected chi connectivity index (χ1v) is 12.3. The third-order valence-corrected chi connectivity index (χ3v) is 8.24. The van der Waals surface area contributed by atoms with E-state index >= 15 is 0 Å². The lowest BCUT2D eigenvalue weighted by atomic mass is 9.76. The second-order valence-electron chi connectivity index (χ2n) is 10.0. The van der Waals surface area contributed by atoms with Gasteiger partial charge < -0.3 is 15.0 Å². The van der Waals surface area contributed by atoms with Crippen LogP contribution in [0.1, 0.15) is 24.0 Å². The van der Waals surface area contributed by atoms with Crippen LogP contribution >= 0.6 is 0 Å². The highest BCUT2D eigenvalue weighted by Crippen LogP contribution is 2.53. The second-order valence-corrected chi connectivity index (χ2v) is 10.0. The van der Waals surface area contributed by atoms with Crippen molar-refractivity contribution in [2.45, 2.75) is 36.9 Å². The number of likely N-dealkylation sites (tertiary alicyclic amines) is 1. The average Bonchev–Trinajstić information content (AvgIpc) is 3.67. The van der Waals surface area contributed by atoms with Crippen molar-refractivity contribution in [3.8, 4) is 0 Å². The van der Waals surface area contributed by atoms with E-state index in [1.165, 1.54) is 4.90 Å². The summed E-state index contributed by atoms with van der Waals surface area (Å²) in [6, 6.07) is 15.1. The molecular formula is C27H26N4O4. The van der Waals surface area contributed by atoms with Crippen molar-refractivity contribution in [3.63, 3.8) is 0 Å². The van der Waals surface area contributed by atoms with Gasteiger partial charge in [0.05, 0.1) is 24.5 Å².